The van der Waals surface area contributed by atoms with E-state index in [0.29, 0.717) is 12.8 Å². The van der Waals surface area contributed by atoms with Gasteiger partial charge in [0.1, 0.15) is 5.54 Å². The molecule has 2 atom stereocenters. The zero-order chi connectivity index (χ0) is 8.48. The molecule has 0 heterocycles. The maximum atomic E-state index is 10.9. The second kappa shape index (κ2) is 2.51. The smallest absolute Gasteiger partial charge is 0.326 e. The minimum atomic E-state index is -0.857. The van der Waals surface area contributed by atoms with E-state index in [1.165, 1.54) is 7.11 Å². The fourth-order valence-electron chi connectivity index (χ4n) is 1.15. The Balaban J connectivity index is 2.50. The quantitative estimate of drug-likeness (QED) is 0.558. The van der Waals surface area contributed by atoms with Crippen molar-refractivity contribution in [3.63, 3.8) is 0 Å². The lowest BCUT2D eigenvalue weighted by Crippen LogP contribution is -2.36. The Labute approximate surface area is 64.9 Å². The van der Waals surface area contributed by atoms with Gasteiger partial charge in [0.15, 0.2) is 0 Å². The molecule has 11 heavy (non-hydrogen) atoms. The van der Waals surface area contributed by atoms with E-state index in [4.69, 9.17) is 11.0 Å². The van der Waals surface area contributed by atoms with Crippen molar-refractivity contribution in [2.45, 2.75) is 18.4 Å². The molecule has 0 aromatic carbocycles. The summed E-state index contributed by atoms with van der Waals surface area (Å²) in [5, 5.41) is 8.31. The molecule has 1 saturated carbocycles. The second-order valence-corrected chi connectivity index (χ2v) is 2.80. The summed E-state index contributed by atoms with van der Waals surface area (Å²) < 4.78 is 4.48. The van der Waals surface area contributed by atoms with Gasteiger partial charge < -0.3 is 10.5 Å². The molecule has 4 heteroatoms. The highest BCUT2D eigenvalue weighted by molar-refractivity contribution is 5.84. The number of ether oxygens (including phenoxy) is 1. The van der Waals surface area contributed by atoms with Gasteiger partial charge in [-0.2, -0.15) is 5.26 Å². The van der Waals surface area contributed by atoms with Crippen molar-refractivity contribution >= 4 is 5.97 Å². The lowest BCUT2D eigenvalue weighted by Gasteiger charge is -2.05. The molecule has 0 spiro atoms. The summed E-state index contributed by atoms with van der Waals surface area (Å²) in [4.78, 5) is 10.9. The molecule has 60 valence electrons. The van der Waals surface area contributed by atoms with Gasteiger partial charge in [-0.1, -0.05) is 0 Å². The number of esters is 1. The number of hydrogen-bond donors (Lipinski definition) is 1. The van der Waals surface area contributed by atoms with E-state index >= 15 is 0 Å². The van der Waals surface area contributed by atoms with Crippen LogP contribution in [-0.2, 0) is 9.53 Å². The van der Waals surface area contributed by atoms with Crippen molar-refractivity contribution in [2.24, 2.45) is 11.7 Å². The average molecular weight is 154 g/mol. The molecule has 0 aromatic heterocycles. The third kappa shape index (κ3) is 1.19. The number of rotatable bonds is 2. The first kappa shape index (κ1) is 8.02. The van der Waals surface area contributed by atoms with E-state index in [1.807, 2.05) is 6.07 Å². The van der Waals surface area contributed by atoms with Crippen molar-refractivity contribution in [1.29, 1.82) is 5.26 Å². The largest absolute Gasteiger partial charge is 0.468 e. The summed E-state index contributed by atoms with van der Waals surface area (Å²) in [5.41, 5.74) is 4.75. The highest BCUT2D eigenvalue weighted by atomic mass is 16.5. The van der Waals surface area contributed by atoms with Crippen LogP contribution in [0.5, 0.6) is 0 Å². The standard InChI is InChI=1S/C7H10N2O2/c1-11-6(10)7(9)4-5(7)2-3-8/h5H,2,4,9H2,1H3. The van der Waals surface area contributed by atoms with Gasteiger partial charge in [-0.05, 0) is 6.42 Å². The summed E-state index contributed by atoms with van der Waals surface area (Å²) >= 11 is 0. The van der Waals surface area contributed by atoms with Gasteiger partial charge in [-0.25, -0.2) is 0 Å². The number of carbonyl (C=O) groups excluding carboxylic acids is 1. The zero-order valence-electron chi connectivity index (χ0n) is 6.33. The van der Waals surface area contributed by atoms with E-state index in [-0.39, 0.29) is 5.92 Å². The molecule has 0 saturated heterocycles. The number of nitriles is 1. The van der Waals surface area contributed by atoms with E-state index < -0.39 is 11.5 Å². The Bertz CT molecular complexity index is 221. The highest BCUT2D eigenvalue weighted by Gasteiger charge is 2.57. The molecular weight excluding hydrogens is 144 g/mol. The Morgan fingerprint density at radius 1 is 2.00 bits per heavy atom. The minimum absolute atomic E-state index is 0.0000463. The second-order valence-electron chi connectivity index (χ2n) is 2.80. The fraction of sp³-hybridized carbons (Fsp3) is 0.714. The lowest BCUT2D eigenvalue weighted by molar-refractivity contribution is -0.143. The summed E-state index contributed by atoms with van der Waals surface area (Å²) in [6.07, 6.45) is 0.916. The van der Waals surface area contributed by atoms with Gasteiger partial charge in [-0.3, -0.25) is 4.79 Å². The first-order chi connectivity index (χ1) is 5.15. The van der Waals surface area contributed by atoms with Crippen molar-refractivity contribution in [3.8, 4) is 6.07 Å². The van der Waals surface area contributed by atoms with Crippen LogP contribution in [0.2, 0.25) is 0 Å². The van der Waals surface area contributed by atoms with Gasteiger partial charge in [0.05, 0.1) is 13.2 Å². The van der Waals surface area contributed by atoms with E-state index in [0.717, 1.165) is 0 Å². The Morgan fingerprint density at radius 3 is 3.09 bits per heavy atom. The highest BCUT2D eigenvalue weighted by Crippen LogP contribution is 2.43. The molecule has 0 aliphatic heterocycles. The van der Waals surface area contributed by atoms with Crippen LogP contribution in [0.4, 0.5) is 0 Å². The average Bonchev–Trinajstić information content (AvgIpc) is 2.63. The molecule has 4 nitrogen and oxygen atoms in total. The molecule has 1 fully saturated rings. The molecule has 0 aromatic rings. The van der Waals surface area contributed by atoms with Crippen LogP contribution in [0.15, 0.2) is 0 Å². The van der Waals surface area contributed by atoms with Gasteiger partial charge in [0, 0.05) is 12.3 Å². The molecule has 2 N–H and O–H groups in total. The fourth-order valence-corrected chi connectivity index (χ4v) is 1.15. The monoisotopic (exact) mass is 154 g/mol. The minimum Gasteiger partial charge on any atom is -0.468 e. The number of hydrogen-bond acceptors (Lipinski definition) is 4. The van der Waals surface area contributed by atoms with Crippen LogP contribution in [0.25, 0.3) is 0 Å². The number of carbonyl (C=O) groups is 1. The first-order valence-electron chi connectivity index (χ1n) is 3.39. The Hall–Kier alpha value is -1.08. The van der Waals surface area contributed by atoms with Crippen LogP contribution in [0.1, 0.15) is 12.8 Å². The van der Waals surface area contributed by atoms with E-state index in [1.54, 1.807) is 0 Å². The molecule has 1 rings (SSSR count). The van der Waals surface area contributed by atoms with Crippen LogP contribution in [0.3, 0.4) is 0 Å². The zero-order valence-corrected chi connectivity index (χ0v) is 6.33. The molecule has 0 bridgehead atoms. The van der Waals surface area contributed by atoms with Gasteiger partial charge in [0.25, 0.3) is 0 Å². The topological polar surface area (TPSA) is 76.1 Å². The summed E-state index contributed by atoms with van der Waals surface area (Å²) in [6, 6.07) is 1.98. The maximum Gasteiger partial charge on any atom is 0.326 e. The number of nitrogens with two attached hydrogens (primary N) is 1. The molecule has 0 radical (unpaired) electrons. The van der Waals surface area contributed by atoms with Crippen molar-refractivity contribution in [3.05, 3.63) is 0 Å². The lowest BCUT2D eigenvalue weighted by atomic mass is 10.2. The van der Waals surface area contributed by atoms with Crippen LogP contribution < -0.4 is 5.73 Å². The molecule has 1 aliphatic carbocycles. The van der Waals surface area contributed by atoms with Crippen molar-refractivity contribution in [1.82, 2.24) is 0 Å². The molecular formula is C7H10N2O2. The first-order valence-corrected chi connectivity index (χ1v) is 3.39. The third-order valence-corrected chi connectivity index (χ3v) is 2.06. The van der Waals surface area contributed by atoms with Gasteiger partial charge in [0.2, 0.25) is 0 Å². The SMILES string of the molecule is COC(=O)C1(N)CC1CC#N. The van der Waals surface area contributed by atoms with Crippen LogP contribution >= 0.6 is 0 Å². The molecule has 0 amide bonds. The van der Waals surface area contributed by atoms with Crippen molar-refractivity contribution < 1.29 is 9.53 Å². The van der Waals surface area contributed by atoms with E-state index in [2.05, 4.69) is 4.74 Å². The van der Waals surface area contributed by atoms with Crippen LogP contribution in [-0.4, -0.2) is 18.6 Å². The molecule has 1 aliphatic rings. The Kier molecular flexibility index (Phi) is 1.83. The summed E-state index contributed by atoms with van der Waals surface area (Å²) in [7, 11) is 1.30. The van der Waals surface area contributed by atoms with Crippen LogP contribution in [0, 0.1) is 17.2 Å². The normalized spacial score (nSPS) is 34.1. The predicted molar refractivity (Wildman–Crippen MR) is 37.3 cm³/mol. The van der Waals surface area contributed by atoms with Crippen molar-refractivity contribution in [2.75, 3.05) is 7.11 Å². The van der Waals surface area contributed by atoms with E-state index in [9.17, 15) is 4.79 Å². The number of nitrogens with zero attached hydrogens (tertiary/aromatic N) is 1. The van der Waals surface area contributed by atoms with Gasteiger partial charge in [-0.15, -0.1) is 0 Å². The molecule has 2 unspecified atom stereocenters. The number of methoxy groups -OCH3 is 1. The predicted octanol–water partition coefficient (Wildman–Crippen LogP) is -0.210. The summed E-state index contributed by atoms with van der Waals surface area (Å²) in [5.74, 6) is -0.405. The maximum absolute atomic E-state index is 10.9. The summed E-state index contributed by atoms with van der Waals surface area (Å²) in [6.45, 7) is 0. The third-order valence-electron chi connectivity index (χ3n) is 2.06. The Morgan fingerprint density at radius 2 is 2.64 bits per heavy atom. The van der Waals surface area contributed by atoms with Gasteiger partial charge >= 0.3 is 5.97 Å².